The van der Waals surface area contributed by atoms with Gasteiger partial charge in [-0.2, -0.15) is 0 Å². The van der Waals surface area contributed by atoms with Gasteiger partial charge in [0.2, 0.25) is 0 Å². The molecule has 0 bridgehead atoms. The minimum absolute atomic E-state index is 0.229. The third-order valence-corrected chi connectivity index (χ3v) is 2.20. The minimum Gasteiger partial charge on any atom is -0.345 e. The molecule has 0 aromatic carbocycles. The van der Waals surface area contributed by atoms with Crippen molar-refractivity contribution in [3.63, 3.8) is 0 Å². The molecule has 0 saturated heterocycles. The Kier molecular flexibility index (Phi) is 3.11. The van der Waals surface area contributed by atoms with E-state index in [0.717, 1.165) is 0 Å². The Bertz CT molecular complexity index is 426. The van der Waals surface area contributed by atoms with Crippen molar-refractivity contribution in [2.75, 3.05) is 0 Å². The van der Waals surface area contributed by atoms with Crippen molar-refractivity contribution in [3.05, 3.63) is 23.0 Å². The summed E-state index contributed by atoms with van der Waals surface area (Å²) in [7, 11) is 1.75. The predicted molar refractivity (Wildman–Crippen MR) is 60.8 cm³/mol. The summed E-state index contributed by atoms with van der Waals surface area (Å²) < 4.78 is 1.66. The molecule has 15 heavy (non-hydrogen) atoms. The zero-order chi connectivity index (χ0) is 11.6. The number of amides is 1. The summed E-state index contributed by atoms with van der Waals surface area (Å²) in [6.45, 7) is 3.52. The summed E-state index contributed by atoms with van der Waals surface area (Å²) in [6, 6.07) is 1.60. The van der Waals surface area contributed by atoms with Gasteiger partial charge in [-0.3, -0.25) is 4.79 Å². The Balaban J connectivity index is 2.88. The van der Waals surface area contributed by atoms with Crippen LogP contribution in [0.1, 0.15) is 24.3 Å². The number of hydrogen-bond acceptors (Lipinski definition) is 1. The number of aromatic nitrogens is 1. The maximum absolute atomic E-state index is 11.8. The average molecular weight is 225 g/mol. The molecule has 0 saturated carbocycles. The van der Waals surface area contributed by atoms with Crippen molar-refractivity contribution in [1.82, 2.24) is 9.88 Å². The molecule has 0 atom stereocenters. The van der Waals surface area contributed by atoms with Crippen molar-refractivity contribution in [3.8, 4) is 12.3 Å². The van der Waals surface area contributed by atoms with Gasteiger partial charge in [0.15, 0.2) is 0 Å². The number of hydrogen-bond donors (Lipinski definition) is 1. The lowest BCUT2D eigenvalue weighted by Gasteiger charge is -2.19. The number of terminal acetylenes is 1. The lowest BCUT2D eigenvalue weighted by molar-refractivity contribution is 0.0921. The molecule has 1 heterocycles. The van der Waals surface area contributed by atoms with Crippen LogP contribution in [0.5, 0.6) is 0 Å². The highest BCUT2D eigenvalue weighted by atomic mass is 35.5. The van der Waals surface area contributed by atoms with Crippen LogP contribution in [0, 0.1) is 12.3 Å². The highest BCUT2D eigenvalue weighted by molar-refractivity contribution is 6.31. The van der Waals surface area contributed by atoms with Gasteiger partial charge in [-0.25, -0.2) is 0 Å². The molecular formula is C11H13ClN2O. The highest BCUT2D eigenvalue weighted by Crippen LogP contribution is 2.13. The fourth-order valence-electron chi connectivity index (χ4n) is 1.13. The Morgan fingerprint density at radius 2 is 2.27 bits per heavy atom. The van der Waals surface area contributed by atoms with Crippen LogP contribution in [0.4, 0.5) is 0 Å². The van der Waals surface area contributed by atoms with Crippen molar-refractivity contribution in [1.29, 1.82) is 0 Å². The first-order valence-corrected chi connectivity index (χ1v) is 4.85. The second-order valence-electron chi connectivity index (χ2n) is 3.88. The minimum atomic E-state index is -0.659. The van der Waals surface area contributed by atoms with Crippen LogP contribution >= 0.6 is 11.6 Å². The van der Waals surface area contributed by atoms with Gasteiger partial charge in [0.1, 0.15) is 5.69 Å². The fourth-order valence-corrected chi connectivity index (χ4v) is 1.38. The Morgan fingerprint density at radius 1 is 1.67 bits per heavy atom. The molecule has 1 N–H and O–H groups in total. The van der Waals surface area contributed by atoms with Crippen LogP contribution < -0.4 is 5.32 Å². The van der Waals surface area contributed by atoms with Gasteiger partial charge >= 0.3 is 0 Å². The Morgan fingerprint density at radius 3 is 2.67 bits per heavy atom. The van der Waals surface area contributed by atoms with Crippen molar-refractivity contribution < 1.29 is 4.79 Å². The van der Waals surface area contributed by atoms with Crippen LogP contribution in [-0.4, -0.2) is 16.0 Å². The second-order valence-corrected chi connectivity index (χ2v) is 4.31. The zero-order valence-electron chi connectivity index (χ0n) is 8.97. The van der Waals surface area contributed by atoms with E-state index in [1.54, 1.807) is 37.7 Å². The quantitative estimate of drug-likeness (QED) is 0.764. The summed E-state index contributed by atoms with van der Waals surface area (Å²) in [6.07, 6.45) is 6.94. The van der Waals surface area contributed by atoms with Gasteiger partial charge in [0.05, 0.1) is 10.6 Å². The average Bonchev–Trinajstić information content (AvgIpc) is 2.45. The summed E-state index contributed by atoms with van der Waals surface area (Å²) in [5, 5.41) is 3.25. The van der Waals surface area contributed by atoms with Crippen LogP contribution in [-0.2, 0) is 7.05 Å². The standard InChI is InChI=1S/C11H13ClN2O/c1-5-11(2,3)13-10(15)9-6-8(12)7-14(9)4/h1,6-7H,2-4H3,(H,13,15). The van der Waals surface area contributed by atoms with E-state index >= 15 is 0 Å². The van der Waals surface area contributed by atoms with Crippen LogP contribution in [0.15, 0.2) is 12.3 Å². The van der Waals surface area contributed by atoms with E-state index in [1.807, 2.05) is 0 Å². The first-order valence-electron chi connectivity index (χ1n) is 4.48. The molecule has 0 unspecified atom stereocenters. The summed E-state index contributed by atoms with van der Waals surface area (Å²) in [5.41, 5.74) is -0.170. The number of carbonyl (C=O) groups is 1. The third kappa shape index (κ3) is 2.77. The fraction of sp³-hybridized carbons (Fsp3) is 0.364. The topological polar surface area (TPSA) is 34.0 Å². The van der Waals surface area contributed by atoms with Crippen molar-refractivity contribution >= 4 is 17.5 Å². The molecule has 1 rings (SSSR count). The largest absolute Gasteiger partial charge is 0.345 e. The number of nitrogens with zero attached hydrogens (tertiary/aromatic N) is 1. The molecular weight excluding hydrogens is 212 g/mol. The number of nitrogens with one attached hydrogen (secondary N) is 1. The molecule has 1 aromatic rings. The van der Waals surface area contributed by atoms with E-state index in [9.17, 15) is 4.79 Å². The SMILES string of the molecule is C#CC(C)(C)NC(=O)c1cc(Cl)cn1C. The number of carbonyl (C=O) groups excluding carboxylic acids is 1. The lowest BCUT2D eigenvalue weighted by atomic mass is 10.1. The van der Waals surface area contributed by atoms with Gasteiger partial charge in [-0.15, -0.1) is 6.42 Å². The molecule has 0 aliphatic carbocycles. The van der Waals surface area contributed by atoms with E-state index in [2.05, 4.69) is 11.2 Å². The van der Waals surface area contributed by atoms with Crippen LogP contribution in [0.3, 0.4) is 0 Å². The molecule has 80 valence electrons. The van der Waals surface area contributed by atoms with Crippen LogP contribution in [0.25, 0.3) is 0 Å². The van der Waals surface area contributed by atoms with E-state index in [1.165, 1.54) is 0 Å². The predicted octanol–water partition coefficient (Wildman–Crippen LogP) is 1.82. The van der Waals surface area contributed by atoms with Crippen LogP contribution in [0.2, 0.25) is 5.02 Å². The van der Waals surface area contributed by atoms with E-state index in [-0.39, 0.29) is 5.91 Å². The van der Waals surface area contributed by atoms with Gasteiger partial charge in [0, 0.05) is 13.2 Å². The molecule has 0 radical (unpaired) electrons. The van der Waals surface area contributed by atoms with Crippen molar-refractivity contribution in [2.45, 2.75) is 19.4 Å². The second kappa shape index (κ2) is 4.00. The smallest absolute Gasteiger partial charge is 0.269 e. The Labute approximate surface area is 94.4 Å². The molecule has 1 aromatic heterocycles. The van der Waals surface area contributed by atoms with Gasteiger partial charge in [-0.1, -0.05) is 17.5 Å². The molecule has 0 fully saturated rings. The summed E-state index contributed by atoms with van der Waals surface area (Å²) in [4.78, 5) is 11.8. The molecule has 3 nitrogen and oxygen atoms in total. The lowest BCUT2D eigenvalue weighted by Crippen LogP contribution is -2.42. The van der Waals surface area contributed by atoms with Gasteiger partial charge in [-0.05, 0) is 19.9 Å². The van der Waals surface area contributed by atoms with Crippen molar-refractivity contribution in [2.24, 2.45) is 7.05 Å². The normalized spacial score (nSPS) is 10.9. The molecule has 4 heteroatoms. The maximum Gasteiger partial charge on any atom is 0.269 e. The zero-order valence-corrected chi connectivity index (χ0v) is 9.72. The first kappa shape index (κ1) is 11.7. The maximum atomic E-state index is 11.8. The van der Waals surface area contributed by atoms with E-state index in [4.69, 9.17) is 18.0 Å². The molecule has 0 spiro atoms. The number of rotatable bonds is 2. The third-order valence-electron chi connectivity index (χ3n) is 1.99. The van der Waals surface area contributed by atoms with E-state index in [0.29, 0.717) is 10.7 Å². The molecule has 0 aliphatic rings. The number of aryl methyl sites for hydroxylation is 1. The summed E-state index contributed by atoms with van der Waals surface area (Å²) >= 11 is 5.77. The Hall–Kier alpha value is -1.40. The summed E-state index contributed by atoms with van der Waals surface area (Å²) in [5.74, 6) is 2.26. The number of halogens is 1. The van der Waals surface area contributed by atoms with Gasteiger partial charge < -0.3 is 9.88 Å². The monoisotopic (exact) mass is 224 g/mol. The highest BCUT2D eigenvalue weighted by Gasteiger charge is 2.20. The first-order chi connectivity index (χ1) is 6.85. The molecule has 0 aliphatic heterocycles. The molecule has 1 amide bonds. The van der Waals surface area contributed by atoms with Gasteiger partial charge in [0.25, 0.3) is 5.91 Å². The van der Waals surface area contributed by atoms with E-state index < -0.39 is 5.54 Å².